The maximum absolute atomic E-state index is 6.03. The third-order valence-corrected chi connectivity index (χ3v) is 3.52. The van der Waals surface area contributed by atoms with Crippen LogP contribution in [0.1, 0.15) is 30.8 Å². The van der Waals surface area contributed by atoms with Gasteiger partial charge in [-0.3, -0.25) is 0 Å². The maximum Gasteiger partial charge on any atom is 0.134 e. The maximum atomic E-state index is 6.03. The summed E-state index contributed by atoms with van der Waals surface area (Å²) in [5.41, 5.74) is 1.72. The molecule has 3 rings (SSSR count). The largest absolute Gasteiger partial charge is 0.459 e. The van der Waals surface area contributed by atoms with Gasteiger partial charge in [0.1, 0.15) is 23.7 Å². The molecule has 0 fully saturated rings. The molecule has 0 bridgehead atoms. The molecule has 0 spiro atoms. The highest BCUT2D eigenvalue weighted by molar-refractivity contribution is 6.31. The van der Waals surface area contributed by atoms with E-state index in [2.05, 4.69) is 22.2 Å². The molecule has 4 nitrogen and oxygen atoms in total. The molecule has 21 heavy (non-hydrogen) atoms. The van der Waals surface area contributed by atoms with Crippen molar-refractivity contribution in [3.05, 3.63) is 59.3 Å². The molecule has 1 atom stereocenters. The number of halogens is 1. The van der Waals surface area contributed by atoms with Gasteiger partial charge in [-0.25, -0.2) is 9.97 Å². The molecular weight excluding hydrogens is 286 g/mol. The van der Waals surface area contributed by atoms with E-state index in [4.69, 9.17) is 16.0 Å². The first kappa shape index (κ1) is 14.0. The van der Waals surface area contributed by atoms with Crippen LogP contribution in [0.2, 0.25) is 5.02 Å². The number of furan rings is 1. The lowest BCUT2D eigenvalue weighted by atomic mass is 10.1. The van der Waals surface area contributed by atoms with Crippen molar-refractivity contribution in [2.45, 2.75) is 19.4 Å². The quantitative estimate of drug-likeness (QED) is 0.775. The number of hydrogen-bond acceptors (Lipinski definition) is 4. The van der Waals surface area contributed by atoms with E-state index in [-0.39, 0.29) is 6.04 Å². The summed E-state index contributed by atoms with van der Waals surface area (Å²) in [5.74, 6) is 0.833. The van der Waals surface area contributed by atoms with Gasteiger partial charge in [0.15, 0.2) is 0 Å². The van der Waals surface area contributed by atoms with E-state index in [1.807, 2.05) is 30.3 Å². The van der Waals surface area contributed by atoms with Crippen molar-refractivity contribution in [3.63, 3.8) is 0 Å². The predicted octanol–water partition coefficient (Wildman–Crippen LogP) is 3.97. The van der Waals surface area contributed by atoms with E-state index < -0.39 is 0 Å². The smallest absolute Gasteiger partial charge is 0.134 e. The normalized spacial score (nSPS) is 12.7. The van der Waals surface area contributed by atoms with Gasteiger partial charge in [-0.2, -0.15) is 0 Å². The number of rotatable bonds is 5. The molecule has 3 aromatic rings. The van der Waals surface area contributed by atoms with E-state index in [1.165, 1.54) is 0 Å². The Labute approximate surface area is 128 Å². The Bertz CT molecular complexity index is 727. The van der Waals surface area contributed by atoms with Crippen molar-refractivity contribution in [2.75, 3.05) is 6.54 Å². The van der Waals surface area contributed by atoms with E-state index in [0.717, 1.165) is 35.4 Å². The average molecular weight is 302 g/mol. The molecule has 108 valence electrons. The third kappa shape index (κ3) is 3.06. The SMILES string of the molecule is CCCNC(c1ccncn1)c1cc2cc(Cl)ccc2o1. The molecule has 0 saturated carbocycles. The van der Waals surface area contributed by atoms with Gasteiger partial charge >= 0.3 is 0 Å². The zero-order chi connectivity index (χ0) is 14.7. The number of hydrogen-bond donors (Lipinski definition) is 1. The van der Waals surface area contributed by atoms with Crippen LogP contribution in [0.15, 0.2) is 47.3 Å². The highest BCUT2D eigenvalue weighted by atomic mass is 35.5. The summed E-state index contributed by atoms with van der Waals surface area (Å²) in [5, 5.41) is 5.16. The van der Waals surface area contributed by atoms with Gasteiger partial charge in [0, 0.05) is 16.6 Å². The Kier molecular flexibility index (Phi) is 4.18. The van der Waals surface area contributed by atoms with Crippen LogP contribution < -0.4 is 5.32 Å². The summed E-state index contributed by atoms with van der Waals surface area (Å²) >= 11 is 6.03. The van der Waals surface area contributed by atoms with Gasteiger partial charge in [-0.15, -0.1) is 0 Å². The monoisotopic (exact) mass is 301 g/mol. The molecule has 0 amide bonds. The molecule has 1 N–H and O–H groups in total. The second kappa shape index (κ2) is 6.24. The lowest BCUT2D eigenvalue weighted by Gasteiger charge is -2.15. The molecule has 0 aliphatic carbocycles. The van der Waals surface area contributed by atoms with Crippen molar-refractivity contribution in [1.82, 2.24) is 15.3 Å². The second-order valence-electron chi connectivity index (χ2n) is 4.85. The van der Waals surface area contributed by atoms with Crippen molar-refractivity contribution in [3.8, 4) is 0 Å². The summed E-state index contributed by atoms with van der Waals surface area (Å²) in [6.45, 7) is 3.01. The minimum absolute atomic E-state index is 0.0841. The summed E-state index contributed by atoms with van der Waals surface area (Å²) in [6.07, 6.45) is 4.33. The summed E-state index contributed by atoms with van der Waals surface area (Å²) in [4.78, 5) is 8.31. The Balaban J connectivity index is 2.01. The lowest BCUT2D eigenvalue weighted by Crippen LogP contribution is -2.23. The topological polar surface area (TPSA) is 51.0 Å². The number of benzene rings is 1. The van der Waals surface area contributed by atoms with Crippen LogP contribution >= 0.6 is 11.6 Å². The van der Waals surface area contributed by atoms with E-state index in [9.17, 15) is 0 Å². The molecule has 1 aromatic carbocycles. The highest BCUT2D eigenvalue weighted by Crippen LogP contribution is 2.29. The number of nitrogens with one attached hydrogen (secondary N) is 1. The summed E-state index contributed by atoms with van der Waals surface area (Å²) in [7, 11) is 0. The van der Waals surface area contributed by atoms with Crippen molar-refractivity contribution in [1.29, 1.82) is 0 Å². The Morgan fingerprint density at radius 1 is 1.29 bits per heavy atom. The number of aromatic nitrogens is 2. The number of nitrogens with zero attached hydrogens (tertiary/aromatic N) is 2. The van der Waals surface area contributed by atoms with Gasteiger partial charge in [0.05, 0.1) is 5.69 Å². The fourth-order valence-electron chi connectivity index (χ4n) is 2.29. The second-order valence-corrected chi connectivity index (χ2v) is 5.29. The summed E-state index contributed by atoms with van der Waals surface area (Å²) < 4.78 is 5.96. The molecule has 2 aromatic heterocycles. The van der Waals surface area contributed by atoms with E-state index >= 15 is 0 Å². The molecule has 0 radical (unpaired) electrons. The third-order valence-electron chi connectivity index (χ3n) is 3.28. The zero-order valence-corrected chi connectivity index (χ0v) is 12.5. The average Bonchev–Trinajstić information content (AvgIpc) is 2.91. The molecule has 1 unspecified atom stereocenters. The van der Waals surface area contributed by atoms with Crippen molar-refractivity contribution >= 4 is 22.6 Å². The number of fused-ring (bicyclic) bond motifs is 1. The Hall–Kier alpha value is -1.91. The molecule has 0 aliphatic rings. The standard InChI is InChI=1S/C16H16ClN3O/c1-2-6-19-16(13-5-7-18-10-20-13)15-9-11-8-12(17)3-4-14(11)21-15/h3-5,7-10,16,19H,2,6H2,1H3. The predicted molar refractivity (Wildman–Crippen MR) is 83.4 cm³/mol. The van der Waals surface area contributed by atoms with Crippen LogP contribution in [-0.2, 0) is 0 Å². The van der Waals surface area contributed by atoms with E-state index in [1.54, 1.807) is 12.5 Å². The molecular formula is C16H16ClN3O. The van der Waals surface area contributed by atoms with Gasteiger partial charge in [0.25, 0.3) is 0 Å². The summed E-state index contributed by atoms with van der Waals surface area (Å²) in [6, 6.07) is 9.44. The van der Waals surface area contributed by atoms with Crippen LogP contribution in [0.3, 0.4) is 0 Å². The van der Waals surface area contributed by atoms with Crippen LogP contribution in [-0.4, -0.2) is 16.5 Å². The Morgan fingerprint density at radius 2 is 2.19 bits per heavy atom. The highest BCUT2D eigenvalue weighted by Gasteiger charge is 2.19. The van der Waals surface area contributed by atoms with Crippen molar-refractivity contribution in [2.24, 2.45) is 0 Å². The minimum Gasteiger partial charge on any atom is -0.459 e. The van der Waals surface area contributed by atoms with Crippen LogP contribution in [0, 0.1) is 0 Å². The van der Waals surface area contributed by atoms with Gasteiger partial charge < -0.3 is 9.73 Å². The van der Waals surface area contributed by atoms with Gasteiger partial charge in [-0.1, -0.05) is 18.5 Å². The fraction of sp³-hybridized carbons (Fsp3) is 0.250. The van der Waals surface area contributed by atoms with Crippen LogP contribution in [0.4, 0.5) is 0 Å². The first-order valence-electron chi connectivity index (χ1n) is 6.96. The zero-order valence-electron chi connectivity index (χ0n) is 11.7. The lowest BCUT2D eigenvalue weighted by molar-refractivity contribution is 0.463. The van der Waals surface area contributed by atoms with E-state index in [0.29, 0.717) is 5.02 Å². The molecule has 5 heteroatoms. The van der Waals surface area contributed by atoms with Gasteiger partial charge in [0.2, 0.25) is 0 Å². The molecule has 0 aliphatic heterocycles. The van der Waals surface area contributed by atoms with Gasteiger partial charge in [-0.05, 0) is 43.3 Å². The molecule has 0 saturated heterocycles. The Morgan fingerprint density at radius 3 is 2.95 bits per heavy atom. The van der Waals surface area contributed by atoms with Crippen molar-refractivity contribution < 1.29 is 4.42 Å². The fourth-order valence-corrected chi connectivity index (χ4v) is 2.47. The minimum atomic E-state index is -0.0841. The molecule has 2 heterocycles. The first-order valence-corrected chi connectivity index (χ1v) is 7.34. The first-order chi connectivity index (χ1) is 10.3. The van der Waals surface area contributed by atoms with Crippen LogP contribution in [0.5, 0.6) is 0 Å². The van der Waals surface area contributed by atoms with Crippen LogP contribution in [0.25, 0.3) is 11.0 Å².